The Hall–Kier alpha value is -1.53. The predicted octanol–water partition coefficient (Wildman–Crippen LogP) is 5.01. The standard InChI is InChI=1S/C16H15Cl/c1-12-8-10-15(11-9-12)16(13(2)17)14-6-4-3-5-7-14/h3-11H,1-2H3/b16-13-. The lowest BCUT2D eigenvalue weighted by Gasteiger charge is -2.10. The summed E-state index contributed by atoms with van der Waals surface area (Å²) in [5, 5.41) is 0.819. The van der Waals surface area contributed by atoms with Gasteiger partial charge in [-0.05, 0) is 25.0 Å². The second-order valence-corrected chi connectivity index (χ2v) is 4.71. The SMILES string of the molecule is C/C(Cl)=C(\c1ccccc1)c1ccc(C)cc1. The highest BCUT2D eigenvalue weighted by molar-refractivity contribution is 6.33. The van der Waals surface area contributed by atoms with Gasteiger partial charge in [-0.15, -0.1) is 0 Å². The summed E-state index contributed by atoms with van der Waals surface area (Å²) in [6.45, 7) is 4.02. The first-order chi connectivity index (χ1) is 8.18. The quantitative estimate of drug-likeness (QED) is 0.694. The van der Waals surface area contributed by atoms with Crippen molar-refractivity contribution in [2.75, 3.05) is 0 Å². The van der Waals surface area contributed by atoms with Gasteiger partial charge in [0.1, 0.15) is 0 Å². The number of rotatable bonds is 2. The van der Waals surface area contributed by atoms with Gasteiger partial charge >= 0.3 is 0 Å². The van der Waals surface area contributed by atoms with Gasteiger partial charge in [0.15, 0.2) is 0 Å². The van der Waals surface area contributed by atoms with E-state index < -0.39 is 0 Å². The summed E-state index contributed by atoms with van der Waals surface area (Å²) in [7, 11) is 0. The highest BCUT2D eigenvalue weighted by atomic mass is 35.5. The van der Waals surface area contributed by atoms with E-state index in [-0.39, 0.29) is 0 Å². The van der Waals surface area contributed by atoms with Gasteiger partial charge in [0.2, 0.25) is 0 Å². The van der Waals surface area contributed by atoms with Crippen molar-refractivity contribution in [2.24, 2.45) is 0 Å². The van der Waals surface area contributed by atoms with Crippen molar-refractivity contribution in [3.8, 4) is 0 Å². The van der Waals surface area contributed by atoms with E-state index in [1.54, 1.807) is 0 Å². The fourth-order valence-electron chi connectivity index (χ4n) is 1.89. The fourth-order valence-corrected chi connectivity index (χ4v) is 2.11. The zero-order chi connectivity index (χ0) is 12.3. The molecule has 0 spiro atoms. The predicted molar refractivity (Wildman–Crippen MR) is 75.2 cm³/mol. The molecule has 86 valence electrons. The van der Waals surface area contributed by atoms with E-state index in [4.69, 9.17) is 11.6 Å². The van der Waals surface area contributed by atoms with Crippen molar-refractivity contribution < 1.29 is 0 Å². The Morgan fingerprint density at radius 2 is 1.35 bits per heavy atom. The number of hydrogen-bond donors (Lipinski definition) is 0. The molecule has 0 aliphatic carbocycles. The maximum atomic E-state index is 6.23. The Bertz CT molecular complexity index is 517. The number of halogens is 1. The zero-order valence-corrected chi connectivity index (χ0v) is 10.8. The third-order valence-corrected chi connectivity index (χ3v) is 2.94. The molecule has 0 amide bonds. The average Bonchev–Trinajstić information content (AvgIpc) is 2.33. The maximum absolute atomic E-state index is 6.23. The maximum Gasteiger partial charge on any atom is 0.0234 e. The van der Waals surface area contributed by atoms with Gasteiger partial charge < -0.3 is 0 Å². The molecule has 0 aliphatic rings. The monoisotopic (exact) mass is 242 g/mol. The molecule has 0 N–H and O–H groups in total. The molecular formula is C16H15Cl. The molecule has 0 saturated heterocycles. The van der Waals surface area contributed by atoms with Crippen LogP contribution in [0.3, 0.4) is 0 Å². The molecule has 0 saturated carbocycles. The number of allylic oxidation sites excluding steroid dienone is 1. The minimum atomic E-state index is 0.819. The Labute approximate surface area is 108 Å². The van der Waals surface area contributed by atoms with Crippen LogP contribution in [0, 0.1) is 6.92 Å². The summed E-state index contributed by atoms with van der Waals surface area (Å²) in [5.41, 5.74) is 4.68. The van der Waals surface area contributed by atoms with Gasteiger partial charge in [-0.3, -0.25) is 0 Å². The van der Waals surface area contributed by atoms with E-state index in [2.05, 4.69) is 43.3 Å². The summed E-state index contributed by atoms with van der Waals surface area (Å²) in [6, 6.07) is 18.7. The van der Waals surface area contributed by atoms with E-state index in [1.165, 1.54) is 5.56 Å². The Kier molecular flexibility index (Phi) is 3.65. The van der Waals surface area contributed by atoms with Crippen LogP contribution in [0.25, 0.3) is 5.57 Å². The van der Waals surface area contributed by atoms with Crippen LogP contribution in [0.1, 0.15) is 23.6 Å². The molecule has 0 nitrogen and oxygen atoms in total. The normalized spacial score (nSPS) is 12.2. The molecule has 0 fully saturated rings. The summed E-state index contributed by atoms with van der Waals surface area (Å²) >= 11 is 6.23. The first kappa shape index (κ1) is 11.9. The van der Waals surface area contributed by atoms with Crippen LogP contribution >= 0.6 is 11.6 Å². The highest BCUT2D eigenvalue weighted by Gasteiger charge is 2.07. The van der Waals surface area contributed by atoms with Crippen LogP contribution < -0.4 is 0 Å². The molecule has 0 aliphatic heterocycles. The minimum absolute atomic E-state index is 0.819. The van der Waals surface area contributed by atoms with E-state index in [9.17, 15) is 0 Å². The molecule has 0 radical (unpaired) electrons. The number of hydrogen-bond acceptors (Lipinski definition) is 0. The van der Waals surface area contributed by atoms with Crippen molar-refractivity contribution in [2.45, 2.75) is 13.8 Å². The molecule has 1 heteroatoms. The van der Waals surface area contributed by atoms with Gasteiger partial charge in [0.05, 0.1) is 0 Å². The molecule has 0 heterocycles. The largest absolute Gasteiger partial charge is 0.0888 e. The molecule has 0 unspecified atom stereocenters. The highest BCUT2D eigenvalue weighted by Crippen LogP contribution is 2.28. The van der Waals surface area contributed by atoms with Crippen molar-refractivity contribution in [1.82, 2.24) is 0 Å². The zero-order valence-electron chi connectivity index (χ0n) is 10.1. The van der Waals surface area contributed by atoms with Crippen LogP contribution in [0.15, 0.2) is 59.6 Å². The minimum Gasteiger partial charge on any atom is -0.0888 e. The smallest absolute Gasteiger partial charge is 0.0234 e. The van der Waals surface area contributed by atoms with Gasteiger partial charge in [-0.2, -0.15) is 0 Å². The van der Waals surface area contributed by atoms with Crippen molar-refractivity contribution in [3.63, 3.8) is 0 Å². The summed E-state index contributed by atoms with van der Waals surface area (Å²) < 4.78 is 0. The molecule has 0 aromatic heterocycles. The van der Waals surface area contributed by atoms with Crippen molar-refractivity contribution >= 4 is 17.2 Å². The van der Waals surface area contributed by atoms with E-state index >= 15 is 0 Å². The summed E-state index contributed by atoms with van der Waals surface area (Å²) in [4.78, 5) is 0. The van der Waals surface area contributed by atoms with E-state index in [0.29, 0.717) is 0 Å². The number of aryl methyl sites for hydroxylation is 1. The molecule has 17 heavy (non-hydrogen) atoms. The Balaban J connectivity index is 2.52. The Morgan fingerprint density at radius 1 is 0.824 bits per heavy atom. The molecular weight excluding hydrogens is 228 g/mol. The second-order valence-electron chi connectivity index (χ2n) is 4.14. The van der Waals surface area contributed by atoms with Gasteiger partial charge in [0, 0.05) is 10.6 Å². The fraction of sp³-hybridized carbons (Fsp3) is 0.125. The third-order valence-electron chi connectivity index (χ3n) is 2.75. The van der Waals surface area contributed by atoms with Crippen LogP contribution in [0.2, 0.25) is 0 Å². The molecule has 0 atom stereocenters. The first-order valence-electron chi connectivity index (χ1n) is 5.67. The third kappa shape index (κ3) is 2.78. The van der Waals surface area contributed by atoms with Gasteiger partial charge in [-0.1, -0.05) is 71.8 Å². The van der Waals surface area contributed by atoms with Crippen LogP contribution in [-0.4, -0.2) is 0 Å². The lowest BCUT2D eigenvalue weighted by atomic mass is 9.97. The van der Waals surface area contributed by atoms with Crippen molar-refractivity contribution in [1.29, 1.82) is 0 Å². The molecule has 2 rings (SSSR count). The lowest BCUT2D eigenvalue weighted by molar-refractivity contribution is 1.44. The molecule has 0 bridgehead atoms. The van der Waals surface area contributed by atoms with Crippen LogP contribution in [0.5, 0.6) is 0 Å². The number of benzene rings is 2. The van der Waals surface area contributed by atoms with E-state index in [0.717, 1.165) is 21.7 Å². The van der Waals surface area contributed by atoms with Gasteiger partial charge in [0.25, 0.3) is 0 Å². The van der Waals surface area contributed by atoms with E-state index in [1.807, 2.05) is 25.1 Å². The molecule has 2 aromatic rings. The lowest BCUT2D eigenvalue weighted by Crippen LogP contribution is -1.89. The average molecular weight is 243 g/mol. The first-order valence-corrected chi connectivity index (χ1v) is 6.05. The van der Waals surface area contributed by atoms with Crippen LogP contribution in [0.4, 0.5) is 0 Å². The van der Waals surface area contributed by atoms with Crippen molar-refractivity contribution in [3.05, 3.63) is 76.3 Å². The molecule has 2 aromatic carbocycles. The topological polar surface area (TPSA) is 0 Å². The van der Waals surface area contributed by atoms with Gasteiger partial charge in [-0.25, -0.2) is 0 Å². The summed E-state index contributed by atoms with van der Waals surface area (Å²) in [6.07, 6.45) is 0. The van der Waals surface area contributed by atoms with Crippen LogP contribution in [-0.2, 0) is 0 Å². The Morgan fingerprint density at radius 3 is 1.88 bits per heavy atom. The summed E-state index contributed by atoms with van der Waals surface area (Å²) in [5.74, 6) is 0. The second kappa shape index (κ2) is 5.20.